The molecule has 4 nitrogen and oxygen atoms in total. The number of methoxy groups -OCH3 is 1. The van der Waals surface area contributed by atoms with Crippen molar-refractivity contribution in [2.45, 2.75) is 13.0 Å². The van der Waals surface area contributed by atoms with Crippen LogP contribution < -0.4 is 5.32 Å². The summed E-state index contributed by atoms with van der Waals surface area (Å²) in [7, 11) is 1.23. The van der Waals surface area contributed by atoms with Crippen molar-refractivity contribution in [1.82, 2.24) is 5.32 Å². The number of carbonyl (C=O) groups is 2. The lowest BCUT2D eigenvalue weighted by molar-refractivity contribution is -0.144. The molecule has 1 aromatic carbocycles. The molecule has 0 saturated carbocycles. The summed E-state index contributed by atoms with van der Waals surface area (Å²) < 4.78 is 18.6. The summed E-state index contributed by atoms with van der Waals surface area (Å²) in [6, 6.07) is 3.64. The summed E-state index contributed by atoms with van der Waals surface area (Å²) in [5.41, 5.74) is 0.273. The summed E-state index contributed by atoms with van der Waals surface area (Å²) in [5, 5.41) is 2.40. The molecule has 0 bridgehead atoms. The first-order valence-electron chi connectivity index (χ1n) is 5.45. The van der Waals surface area contributed by atoms with Crippen LogP contribution in [0.5, 0.6) is 0 Å². The molecule has 0 heterocycles. The van der Waals surface area contributed by atoms with E-state index in [9.17, 15) is 14.0 Å². The van der Waals surface area contributed by atoms with E-state index in [1.54, 1.807) is 12.1 Å². The van der Waals surface area contributed by atoms with Crippen molar-refractivity contribution >= 4 is 33.9 Å². The minimum absolute atomic E-state index is 0.273. The molecular weight excluding hydrogens is 317 g/mol. The fraction of sp³-hybridized carbons (Fsp3) is 0.231. The Morgan fingerprint density at radius 3 is 2.79 bits per heavy atom. The number of rotatable bonds is 4. The van der Waals surface area contributed by atoms with Gasteiger partial charge in [-0.25, -0.2) is 9.18 Å². The minimum Gasteiger partial charge on any atom is -0.467 e. The van der Waals surface area contributed by atoms with Gasteiger partial charge in [0, 0.05) is 16.1 Å². The number of nitrogens with one attached hydrogen (secondary N) is 1. The van der Waals surface area contributed by atoms with Gasteiger partial charge in [-0.3, -0.25) is 4.79 Å². The highest BCUT2D eigenvalue weighted by atomic mass is 79.9. The van der Waals surface area contributed by atoms with Crippen LogP contribution in [0.15, 0.2) is 28.7 Å². The maximum absolute atomic E-state index is 13.4. The molecule has 0 spiro atoms. The predicted octanol–water partition coefficient (Wildman–Crippen LogP) is 2.28. The average Bonchev–Trinajstić information content (AvgIpc) is 2.38. The fourth-order valence-electron chi connectivity index (χ4n) is 1.30. The first kappa shape index (κ1) is 15.4. The van der Waals surface area contributed by atoms with Gasteiger partial charge in [-0.1, -0.05) is 15.9 Å². The number of ether oxygens (including phenoxy) is 1. The van der Waals surface area contributed by atoms with Crippen molar-refractivity contribution in [2.75, 3.05) is 7.11 Å². The van der Waals surface area contributed by atoms with Crippen LogP contribution in [0.2, 0.25) is 0 Å². The Bertz CT molecular complexity index is 517. The molecule has 0 radical (unpaired) electrons. The number of benzene rings is 1. The lowest BCUT2D eigenvalue weighted by Gasteiger charge is -2.09. The molecule has 1 aromatic rings. The van der Waals surface area contributed by atoms with Crippen molar-refractivity contribution < 1.29 is 18.7 Å². The normalized spacial score (nSPS) is 12.2. The minimum atomic E-state index is -0.755. The highest BCUT2D eigenvalue weighted by Crippen LogP contribution is 2.16. The molecule has 19 heavy (non-hydrogen) atoms. The van der Waals surface area contributed by atoms with Crippen LogP contribution in [0.1, 0.15) is 12.5 Å². The molecule has 1 N–H and O–H groups in total. The van der Waals surface area contributed by atoms with Crippen molar-refractivity contribution in [3.8, 4) is 0 Å². The quantitative estimate of drug-likeness (QED) is 0.681. The Hall–Kier alpha value is -1.69. The molecule has 0 saturated heterocycles. The van der Waals surface area contributed by atoms with Gasteiger partial charge in [-0.05, 0) is 31.2 Å². The van der Waals surface area contributed by atoms with Gasteiger partial charge in [0.25, 0.3) is 0 Å². The first-order valence-corrected chi connectivity index (χ1v) is 6.25. The van der Waals surface area contributed by atoms with E-state index in [1.165, 1.54) is 26.2 Å². The van der Waals surface area contributed by atoms with Crippen molar-refractivity contribution in [3.63, 3.8) is 0 Å². The largest absolute Gasteiger partial charge is 0.467 e. The van der Waals surface area contributed by atoms with Gasteiger partial charge in [0.05, 0.1) is 7.11 Å². The second-order valence-electron chi connectivity index (χ2n) is 3.75. The van der Waals surface area contributed by atoms with Crippen molar-refractivity contribution in [1.29, 1.82) is 0 Å². The van der Waals surface area contributed by atoms with Gasteiger partial charge < -0.3 is 10.1 Å². The van der Waals surface area contributed by atoms with Crippen LogP contribution >= 0.6 is 15.9 Å². The molecule has 102 valence electrons. The Morgan fingerprint density at radius 1 is 1.47 bits per heavy atom. The summed E-state index contributed by atoms with van der Waals surface area (Å²) in [6.07, 6.45) is 2.49. The number of hydrogen-bond donors (Lipinski definition) is 1. The molecule has 0 fully saturated rings. The predicted molar refractivity (Wildman–Crippen MR) is 72.8 cm³/mol. The Labute approximate surface area is 118 Å². The van der Waals surface area contributed by atoms with Crippen LogP contribution in [0.3, 0.4) is 0 Å². The van der Waals surface area contributed by atoms with Crippen LogP contribution in [0, 0.1) is 5.82 Å². The van der Waals surface area contributed by atoms with Gasteiger partial charge in [0.2, 0.25) is 5.91 Å². The van der Waals surface area contributed by atoms with E-state index >= 15 is 0 Å². The van der Waals surface area contributed by atoms with Crippen LogP contribution in [0.25, 0.3) is 6.08 Å². The monoisotopic (exact) mass is 329 g/mol. The molecule has 0 aliphatic rings. The number of hydrogen-bond acceptors (Lipinski definition) is 3. The van der Waals surface area contributed by atoms with Crippen molar-refractivity contribution in [2.24, 2.45) is 0 Å². The van der Waals surface area contributed by atoms with Crippen LogP contribution in [0.4, 0.5) is 4.39 Å². The highest BCUT2D eigenvalue weighted by molar-refractivity contribution is 9.10. The zero-order chi connectivity index (χ0) is 14.4. The SMILES string of the molecule is COC(=O)C(C)NC(=O)C=Cc1cc(Br)ccc1F. The number of esters is 1. The molecule has 0 aliphatic heterocycles. The zero-order valence-electron chi connectivity index (χ0n) is 10.4. The lowest BCUT2D eigenvalue weighted by atomic mass is 10.2. The van der Waals surface area contributed by atoms with Crippen molar-refractivity contribution in [3.05, 3.63) is 40.1 Å². The highest BCUT2D eigenvalue weighted by Gasteiger charge is 2.13. The zero-order valence-corrected chi connectivity index (χ0v) is 12.0. The third-order valence-corrected chi connectivity index (χ3v) is 2.78. The standard InChI is InChI=1S/C13H13BrFNO3/c1-8(13(18)19-2)16-12(17)6-3-9-7-10(14)4-5-11(9)15/h3-8H,1-2H3,(H,16,17). The molecule has 0 aliphatic carbocycles. The summed E-state index contributed by atoms with van der Waals surface area (Å²) in [4.78, 5) is 22.6. The van der Waals surface area contributed by atoms with E-state index in [0.717, 1.165) is 6.08 Å². The third-order valence-electron chi connectivity index (χ3n) is 2.29. The number of carbonyl (C=O) groups excluding carboxylic acids is 2. The number of halogens is 2. The average molecular weight is 330 g/mol. The third kappa shape index (κ3) is 4.82. The van der Waals surface area contributed by atoms with Crippen LogP contribution in [-0.4, -0.2) is 25.0 Å². The van der Waals surface area contributed by atoms with Gasteiger partial charge in [0.15, 0.2) is 0 Å². The number of amides is 1. The van der Waals surface area contributed by atoms with Gasteiger partial charge in [-0.2, -0.15) is 0 Å². The van der Waals surface area contributed by atoms with E-state index in [-0.39, 0.29) is 5.56 Å². The smallest absolute Gasteiger partial charge is 0.328 e. The van der Waals surface area contributed by atoms with E-state index < -0.39 is 23.7 Å². The summed E-state index contributed by atoms with van der Waals surface area (Å²) in [6.45, 7) is 1.50. The van der Waals surface area contributed by atoms with E-state index in [1.807, 2.05) is 0 Å². The molecule has 0 aromatic heterocycles. The second kappa shape index (κ2) is 7.04. The summed E-state index contributed by atoms with van der Waals surface area (Å²) in [5.74, 6) is -1.49. The van der Waals surface area contributed by atoms with Crippen LogP contribution in [-0.2, 0) is 14.3 Å². The van der Waals surface area contributed by atoms with E-state index in [4.69, 9.17) is 0 Å². The fourth-order valence-corrected chi connectivity index (χ4v) is 1.68. The Morgan fingerprint density at radius 2 is 2.16 bits per heavy atom. The Kier molecular flexibility index (Phi) is 5.69. The van der Waals surface area contributed by atoms with E-state index in [2.05, 4.69) is 26.0 Å². The second-order valence-corrected chi connectivity index (χ2v) is 4.67. The van der Waals surface area contributed by atoms with Gasteiger partial charge in [-0.15, -0.1) is 0 Å². The molecular formula is C13H13BrFNO3. The van der Waals surface area contributed by atoms with E-state index in [0.29, 0.717) is 4.47 Å². The molecule has 1 unspecified atom stereocenters. The molecule has 6 heteroatoms. The van der Waals surface area contributed by atoms with Gasteiger partial charge >= 0.3 is 5.97 Å². The topological polar surface area (TPSA) is 55.4 Å². The maximum Gasteiger partial charge on any atom is 0.328 e. The molecule has 1 atom stereocenters. The molecule has 1 amide bonds. The summed E-state index contributed by atoms with van der Waals surface area (Å²) >= 11 is 3.21. The maximum atomic E-state index is 13.4. The first-order chi connectivity index (χ1) is 8.93. The molecule has 1 rings (SSSR count). The van der Waals surface area contributed by atoms with Gasteiger partial charge in [0.1, 0.15) is 11.9 Å². The lowest BCUT2D eigenvalue weighted by Crippen LogP contribution is -2.38. The Balaban J connectivity index is 2.68.